The molecule has 5 heteroatoms. The monoisotopic (exact) mass is 346 g/mol. The Morgan fingerprint density at radius 1 is 0.857 bits per heavy atom. The van der Waals surface area contributed by atoms with E-state index in [4.69, 9.17) is 0 Å². The van der Waals surface area contributed by atoms with Crippen molar-refractivity contribution in [2.75, 3.05) is 10.6 Å². The predicted molar refractivity (Wildman–Crippen MR) is 87.3 cm³/mol. The van der Waals surface area contributed by atoms with E-state index in [1.165, 1.54) is 0 Å². The molecule has 0 aliphatic heterocycles. The van der Waals surface area contributed by atoms with Crippen molar-refractivity contribution in [3.8, 4) is 0 Å². The van der Waals surface area contributed by atoms with Gasteiger partial charge < -0.3 is 10.6 Å². The van der Waals surface area contributed by atoms with Crippen LogP contribution in [0.15, 0.2) is 46.9 Å². The summed E-state index contributed by atoms with van der Waals surface area (Å²) >= 11 is 3.35. The largest absolute Gasteiger partial charge is 0.318 e. The van der Waals surface area contributed by atoms with Crippen molar-refractivity contribution in [2.24, 2.45) is 0 Å². The lowest BCUT2D eigenvalue weighted by atomic mass is 10.2. The van der Waals surface area contributed by atoms with E-state index in [1.54, 1.807) is 18.2 Å². The summed E-state index contributed by atoms with van der Waals surface area (Å²) in [5.74, 6) is -1.38. The lowest BCUT2D eigenvalue weighted by Crippen LogP contribution is -2.29. The summed E-state index contributed by atoms with van der Waals surface area (Å²) in [6.45, 7) is 3.73. The summed E-state index contributed by atoms with van der Waals surface area (Å²) < 4.78 is 0.919. The normalized spacial score (nSPS) is 10.0. The zero-order chi connectivity index (χ0) is 15.4. The molecule has 0 radical (unpaired) electrons. The second-order valence-corrected chi connectivity index (χ2v) is 5.60. The number of rotatable bonds is 2. The van der Waals surface area contributed by atoms with Gasteiger partial charge in [0.25, 0.3) is 0 Å². The van der Waals surface area contributed by atoms with Crippen LogP contribution in [0.4, 0.5) is 11.4 Å². The zero-order valence-corrected chi connectivity index (χ0v) is 13.3. The fraction of sp³-hybridized carbons (Fsp3) is 0.125. The number of nitrogens with one attached hydrogen (secondary N) is 2. The Labute approximate surface area is 131 Å². The van der Waals surface area contributed by atoms with Crippen LogP contribution in [0.5, 0.6) is 0 Å². The van der Waals surface area contributed by atoms with Gasteiger partial charge in [-0.05, 0) is 49.2 Å². The fourth-order valence-corrected chi connectivity index (χ4v) is 2.31. The maximum Gasteiger partial charge on any atom is 0.314 e. The van der Waals surface area contributed by atoms with Crippen molar-refractivity contribution in [3.63, 3.8) is 0 Å². The van der Waals surface area contributed by atoms with Gasteiger partial charge in [0.15, 0.2) is 0 Å². The molecular weight excluding hydrogens is 332 g/mol. The molecule has 4 nitrogen and oxygen atoms in total. The highest BCUT2D eigenvalue weighted by Gasteiger charge is 2.15. The lowest BCUT2D eigenvalue weighted by Gasteiger charge is -2.10. The van der Waals surface area contributed by atoms with Crippen LogP contribution in [0.3, 0.4) is 0 Å². The molecule has 0 heterocycles. The highest BCUT2D eigenvalue weighted by molar-refractivity contribution is 9.10. The van der Waals surface area contributed by atoms with Gasteiger partial charge in [-0.3, -0.25) is 9.59 Å². The van der Waals surface area contributed by atoms with Gasteiger partial charge >= 0.3 is 11.8 Å². The molecule has 2 N–H and O–H groups in total. The number of hydrogen-bond donors (Lipinski definition) is 2. The Kier molecular flexibility index (Phi) is 4.75. The van der Waals surface area contributed by atoms with E-state index in [-0.39, 0.29) is 0 Å². The summed E-state index contributed by atoms with van der Waals surface area (Å²) in [6.07, 6.45) is 0. The molecule has 2 aromatic rings. The van der Waals surface area contributed by atoms with Gasteiger partial charge in [-0.15, -0.1) is 0 Å². The average Bonchev–Trinajstić information content (AvgIpc) is 2.44. The molecule has 0 saturated carbocycles. The van der Waals surface area contributed by atoms with Crippen LogP contribution in [0.2, 0.25) is 0 Å². The van der Waals surface area contributed by atoms with Crippen LogP contribution < -0.4 is 10.6 Å². The Balaban J connectivity index is 2.06. The van der Waals surface area contributed by atoms with Crippen molar-refractivity contribution < 1.29 is 9.59 Å². The smallest absolute Gasteiger partial charge is 0.314 e. The number of hydrogen-bond acceptors (Lipinski definition) is 2. The second-order valence-electron chi connectivity index (χ2n) is 4.68. The average molecular weight is 347 g/mol. The number of carbonyl (C=O) groups is 2. The first-order chi connectivity index (χ1) is 9.97. The predicted octanol–water partition coefficient (Wildman–Crippen LogP) is 3.64. The highest BCUT2D eigenvalue weighted by Crippen LogP contribution is 2.20. The maximum atomic E-state index is 11.9. The van der Waals surface area contributed by atoms with E-state index in [1.807, 2.05) is 38.1 Å². The van der Waals surface area contributed by atoms with Gasteiger partial charge in [-0.25, -0.2) is 0 Å². The van der Waals surface area contributed by atoms with E-state index in [9.17, 15) is 9.59 Å². The van der Waals surface area contributed by atoms with Crippen LogP contribution in [0.25, 0.3) is 0 Å². The SMILES string of the molecule is Cc1ccccc1NC(=O)C(=O)Nc1ccc(Br)cc1C. The number of para-hydroxylation sites is 1. The van der Waals surface area contributed by atoms with Crippen LogP contribution in [0.1, 0.15) is 11.1 Å². The standard InChI is InChI=1S/C16H15BrN2O2/c1-10-5-3-4-6-13(10)18-15(20)16(21)19-14-8-7-12(17)9-11(14)2/h3-9H,1-2H3,(H,18,20)(H,19,21). The third kappa shape index (κ3) is 3.92. The number of aryl methyl sites for hydroxylation is 2. The molecule has 0 spiro atoms. The Hall–Kier alpha value is -2.14. The van der Waals surface area contributed by atoms with Gasteiger partial charge in [0.2, 0.25) is 0 Å². The number of halogens is 1. The number of amides is 2. The van der Waals surface area contributed by atoms with Crippen LogP contribution >= 0.6 is 15.9 Å². The van der Waals surface area contributed by atoms with Crippen LogP contribution in [-0.2, 0) is 9.59 Å². The highest BCUT2D eigenvalue weighted by atomic mass is 79.9. The first-order valence-electron chi connectivity index (χ1n) is 6.41. The Morgan fingerprint density at radius 2 is 1.43 bits per heavy atom. The molecule has 0 atom stereocenters. The van der Waals surface area contributed by atoms with Crippen molar-refractivity contribution in [3.05, 3.63) is 58.1 Å². The molecule has 2 rings (SSSR count). The van der Waals surface area contributed by atoms with E-state index in [0.29, 0.717) is 11.4 Å². The molecule has 0 aliphatic carbocycles. The summed E-state index contributed by atoms with van der Waals surface area (Å²) in [4.78, 5) is 23.8. The van der Waals surface area contributed by atoms with Gasteiger partial charge in [0.05, 0.1) is 0 Å². The molecule has 2 aromatic carbocycles. The first kappa shape index (κ1) is 15.3. The lowest BCUT2D eigenvalue weighted by molar-refractivity contribution is -0.133. The molecule has 0 saturated heterocycles. The summed E-state index contributed by atoms with van der Waals surface area (Å²) in [6, 6.07) is 12.7. The number of benzene rings is 2. The summed E-state index contributed by atoms with van der Waals surface area (Å²) in [7, 11) is 0. The van der Waals surface area contributed by atoms with Gasteiger partial charge in [0.1, 0.15) is 0 Å². The molecule has 21 heavy (non-hydrogen) atoms. The van der Waals surface area contributed by atoms with Gasteiger partial charge in [-0.2, -0.15) is 0 Å². The van der Waals surface area contributed by atoms with Crippen molar-refractivity contribution in [2.45, 2.75) is 13.8 Å². The molecule has 2 amide bonds. The molecule has 0 bridgehead atoms. The van der Waals surface area contributed by atoms with Crippen LogP contribution in [-0.4, -0.2) is 11.8 Å². The van der Waals surface area contributed by atoms with Crippen molar-refractivity contribution >= 4 is 39.1 Å². The van der Waals surface area contributed by atoms with E-state index in [2.05, 4.69) is 26.6 Å². The minimum absolute atomic E-state index is 0.614. The number of carbonyl (C=O) groups excluding carboxylic acids is 2. The maximum absolute atomic E-state index is 11.9. The second kappa shape index (κ2) is 6.54. The zero-order valence-electron chi connectivity index (χ0n) is 11.7. The minimum Gasteiger partial charge on any atom is -0.318 e. The molecule has 0 aliphatic rings. The Morgan fingerprint density at radius 3 is 2.00 bits per heavy atom. The summed E-state index contributed by atoms with van der Waals surface area (Å²) in [5.41, 5.74) is 3.02. The summed E-state index contributed by atoms with van der Waals surface area (Å²) in [5, 5.41) is 5.21. The molecule has 0 unspecified atom stereocenters. The van der Waals surface area contributed by atoms with E-state index < -0.39 is 11.8 Å². The number of anilines is 2. The van der Waals surface area contributed by atoms with E-state index in [0.717, 1.165) is 15.6 Å². The Bertz CT molecular complexity index is 698. The molecule has 0 aromatic heterocycles. The third-order valence-corrected chi connectivity index (χ3v) is 3.53. The molecule has 108 valence electrons. The van der Waals surface area contributed by atoms with Crippen molar-refractivity contribution in [1.29, 1.82) is 0 Å². The minimum atomic E-state index is -0.691. The topological polar surface area (TPSA) is 58.2 Å². The molecular formula is C16H15BrN2O2. The van der Waals surface area contributed by atoms with Crippen molar-refractivity contribution in [1.82, 2.24) is 0 Å². The van der Waals surface area contributed by atoms with Crippen LogP contribution in [0, 0.1) is 13.8 Å². The van der Waals surface area contributed by atoms with Gasteiger partial charge in [0, 0.05) is 15.8 Å². The van der Waals surface area contributed by atoms with E-state index >= 15 is 0 Å². The quantitative estimate of drug-likeness (QED) is 0.815. The van der Waals surface area contributed by atoms with Gasteiger partial charge in [-0.1, -0.05) is 34.1 Å². The fourth-order valence-electron chi connectivity index (χ4n) is 1.84. The third-order valence-electron chi connectivity index (χ3n) is 3.04. The molecule has 0 fully saturated rings. The first-order valence-corrected chi connectivity index (χ1v) is 7.21.